The summed E-state index contributed by atoms with van der Waals surface area (Å²) in [5, 5.41) is 0. The molecule has 2 heterocycles. The smallest absolute Gasteiger partial charge is 0.116 e. The molecule has 0 saturated carbocycles. The Balaban J connectivity index is 2.25. The van der Waals surface area contributed by atoms with Crippen molar-refractivity contribution in [3.63, 3.8) is 0 Å². The molecule has 0 atom stereocenters. The van der Waals surface area contributed by atoms with Crippen molar-refractivity contribution < 1.29 is 0 Å². The predicted molar refractivity (Wildman–Crippen MR) is 61.8 cm³/mol. The highest BCUT2D eigenvalue weighted by atomic mass is 14.8. The molecule has 78 valence electrons. The van der Waals surface area contributed by atoms with Gasteiger partial charge in [-0.2, -0.15) is 0 Å². The summed E-state index contributed by atoms with van der Waals surface area (Å²) in [5.74, 6) is 0. The first-order valence-corrected chi connectivity index (χ1v) is 5.09. The van der Waals surface area contributed by atoms with Crippen LogP contribution >= 0.6 is 0 Å². The van der Waals surface area contributed by atoms with Gasteiger partial charge in [0.15, 0.2) is 0 Å². The molecule has 0 unspecified atom stereocenters. The van der Waals surface area contributed by atoms with Crippen molar-refractivity contribution in [2.45, 2.75) is 20.8 Å². The van der Waals surface area contributed by atoms with Gasteiger partial charge in [-0.25, -0.2) is 9.97 Å². The summed E-state index contributed by atoms with van der Waals surface area (Å²) >= 11 is 0. The third kappa shape index (κ3) is 2.12. The standard InChI is InChI=1S/C12H15N3/c1-12(2,3)11-6-9(7-14-11)10-4-5-13-8-15-10/h4-6,8H,7H2,1-3H3. The molecule has 0 fully saturated rings. The SMILES string of the molecule is CC(C)(C)C1=NCC(c2ccncn2)=C1. The Morgan fingerprint density at radius 1 is 1.27 bits per heavy atom. The summed E-state index contributed by atoms with van der Waals surface area (Å²) in [6.45, 7) is 7.26. The van der Waals surface area contributed by atoms with Crippen molar-refractivity contribution in [3.05, 3.63) is 30.4 Å². The second kappa shape index (κ2) is 3.57. The van der Waals surface area contributed by atoms with Crippen LogP contribution in [0, 0.1) is 5.41 Å². The Hall–Kier alpha value is -1.51. The highest BCUT2D eigenvalue weighted by molar-refractivity contribution is 6.07. The van der Waals surface area contributed by atoms with Gasteiger partial charge in [0.2, 0.25) is 0 Å². The minimum absolute atomic E-state index is 0.120. The molecular weight excluding hydrogens is 186 g/mol. The maximum Gasteiger partial charge on any atom is 0.116 e. The third-order valence-corrected chi connectivity index (χ3v) is 2.41. The maximum atomic E-state index is 4.53. The van der Waals surface area contributed by atoms with E-state index in [0.717, 1.165) is 18.0 Å². The lowest BCUT2D eigenvalue weighted by Crippen LogP contribution is -2.16. The summed E-state index contributed by atoms with van der Waals surface area (Å²) in [7, 11) is 0. The fourth-order valence-corrected chi connectivity index (χ4v) is 1.52. The van der Waals surface area contributed by atoms with Gasteiger partial charge in [0, 0.05) is 22.9 Å². The van der Waals surface area contributed by atoms with Crippen LogP contribution in [0.3, 0.4) is 0 Å². The van der Waals surface area contributed by atoms with Gasteiger partial charge in [-0.05, 0) is 12.1 Å². The van der Waals surface area contributed by atoms with E-state index in [0.29, 0.717) is 0 Å². The molecule has 0 bridgehead atoms. The Morgan fingerprint density at radius 2 is 2.07 bits per heavy atom. The van der Waals surface area contributed by atoms with Gasteiger partial charge >= 0.3 is 0 Å². The predicted octanol–water partition coefficient (Wildman–Crippen LogP) is 2.36. The first-order valence-electron chi connectivity index (χ1n) is 5.09. The molecule has 15 heavy (non-hydrogen) atoms. The number of hydrogen-bond donors (Lipinski definition) is 0. The van der Waals surface area contributed by atoms with Gasteiger partial charge in [-0.15, -0.1) is 0 Å². The van der Waals surface area contributed by atoms with Crippen molar-refractivity contribution in [1.29, 1.82) is 0 Å². The molecule has 0 N–H and O–H groups in total. The molecule has 0 saturated heterocycles. The molecule has 0 spiro atoms. The van der Waals surface area contributed by atoms with E-state index in [4.69, 9.17) is 0 Å². The number of nitrogens with zero attached hydrogens (tertiary/aromatic N) is 3. The molecule has 1 aromatic rings. The first kappa shape index (κ1) is 10.0. The summed E-state index contributed by atoms with van der Waals surface area (Å²) in [4.78, 5) is 12.7. The van der Waals surface area contributed by atoms with E-state index in [1.54, 1.807) is 12.5 Å². The Bertz CT molecular complexity index is 410. The van der Waals surface area contributed by atoms with Crippen molar-refractivity contribution in [2.75, 3.05) is 6.54 Å². The number of hydrogen-bond acceptors (Lipinski definition) is 3. The van der Waals surface area contributed by atoms with E-state index in [1.165, 1.54) is 5.57 Å². The van der Waals surface area contributed by atoms with Crippen LogP contribution in [0.15, 0.2) is 29.7 Å². The maximum absolute atomic E-state index is 4.53. The largest absolute Gasteiger partial charge is 0.284 e. The van der Waals surface area contributed by atoms with E-state index >= 15 is 0 Å². The summed E-state index contributed by atoms with van der Waals surface area (Å²) in [6.07, 6.45) is 5.48. The van der Waals surface area contributed by atoms with E-state index in [-0.39, 0.29) is 5.41 Å². The summed E-state index contributed by atoms with van der Waals surface area (Å²) in [6, 6.07) is 1.92. The molecule has 2 rings (SSSR count). The van der Waals surface area contributed by atoms with Crippen LogP contribution in [0.5, 0.6) is 0 Å². The van der Waals surface area contributed by atoms with E-state index in [9.17, 15) is 0 Å². The molecule has 1 aliphatic rings. The quantitative estimate of drug-likeness (QED) is 0.699. The average Bonchev–Trinajstić information content (AvgIpc) is 2.67. The van der Waals surface area contributed by atoms with Gasteiger partial charge in [-0.1, -0.05) is 20.8 Å². The molecule has 0 aliphatic carbocycles. The van der Waals surface area contributed by atoms with Crippen molar-refractivity contribution in [1.82, 2.24) is 9.97 Å². The van der Waals surface area contributed by atoms with Crippen LogP contribution < -0.4 is 0 Å². The van der Waals surface area contributed by atoms with Crippen molar-refractivity contribution in [2.24, 2.45) is 10.4 Å². The minimum atomic E-state index is 0.120. The fraction of sp³-hybridized carbons (Fsp3) is 0.417. The normalized spacial score (nSPS) is 16.2. The zero-order valence-electron chi connectivity index (χ0n) is 9.36. The number of aromatic nitrogens is 2. The number of allylic oxidation sites excluding steroid dienone is 1. The molecule has 0 amide bonds. The van der Waals surface area contributed by atoms with Crippen LogP contribution in [-0.2, 0) is 0 Å². The van der Waals surface area contributed by atoms with Crippen LogP contribution in [0.25, 0.3) is 5.57 Å². The lowest BCUT2D eigenvalue weighted by molar-refractivity contribution is 0.594. The topological polar surface area (TPSA) is 38.1 Å². The monoisotopic (exact) mass is 201 g/mol. The lowest BCUT2D eigenvalue weighted by atomic mass is 9.89. The van der Waals surface area contributed by atoms with Crippen molar-refractivity contribution in [3.8, 4) is 0 Å². The Labute approximate surface area is 90.0 Å². The first-order chi connectivity index (χ1) is 7.07. The minimum Gasteiger partial charge on any atom is -0.284 e. The van der Waals surface area contributed by atoms with Gasteiger partial charge in [0.25, 0.3) is 0 Å². The van der Waals surface area contributed by atoms with E-state index in [2.05, 4.69) is 41.8 Å². The molecule has 0 radical (unpaired) electrons. The molecular formula is C12H15N3. The summed E-state index contributed by atoms with van der Waals surface area (Å²) < 4.78 is 0. The Kier molecular flexibility index (Phi) is 2.39. The molecule has 3 nitrogen and oxygen atoms in total. The molecule has 1 aliphatic heterocycles. The Morgan fingerprint density at radius 3 is 2.60 bits per heavy atom. The zero-order chi connectivity index (χ0) is 10.9. The van der Waals surface area contributed by atoms with Gasteiger partial charge in [-0.3, -0.25) is 4.99 Å². The van der Waals surface area contributed by atoms with Gasteiger partial charge in [0.1, 0.15) is 6.33 Å². The highest BCUT2D eigenvalue weighted by Gasteiger charge is 2.21. The van der Waals surface area contributed by atoms with Crippen LogP contribution in [0.2, 0.25) is 0 Å². The van der Waals surface area contributed by atoms with Crippen LogP contribution in [0.4, 0.5) is 0 Å². The molecule has 1 aromatic heterocycles. The highest BCUT2D eigenvalue weighted by Crippen LogP contribution is 2.25. The fourth-order valence-electron chi connectivity index (χ4n) is 1.52. The van der Waals surface area contributed by atoms with Crippen molar-refractivity contribution >= 4 is 11.3 Å². The number of aliphatic imine (C=N–C) groups is 1. The second-order valence-electron chi connectivity index (χ2n) is 4.72. The lowest BCUT2D eigenvalue weighted by Gasteiger charge is -2.16. The average molecular weight is 201 g/mol. The zero-order valence-corrected chi connectivity index (χ0v) is 9.36. The van der Waals surface area contributed by atoms with Gasteiger partial charge in [0.05, 0.1) is 12.2 Å². The molecule has 0 aromatic carbocycles. The number of rotatable bonds is 1. The second-order valence-corrected chi connectivity index (χ2v) is 4.72. The molecule has 3 heteroatoms. The third-order valence-electron chi connectivity index (χ3n) is 2.41. The summed E-state index contributed by atoms with van der Waals surface area (Å²) in [5.41, 5.74) is 3.43. The van der Waals surface area contributed by atoms with Gasteiger partial charge < -0.3 is 0 Å². The van der Waals surface area contributed by atoms with Crippen LogP contribution in [-0.4, -0.2) is 22.2 Å². The van der Waals surface area contributed by atoms with Crippen LogP contribution in [0.1, 0.15) is 26.5 Å². The van der Waals surface area contributed by atoms with E-state index in [1.807, 2.05) is 6.07 Å². The van der Waals surface area contributed by atoms with E-state index < -0.39 is 0 Å².